The highest BCUT2D eigenvalue weighted by molar-refractivity contribution is 5.85. The molecule has 0 aromatic carbocycles. The molecule has 0 unspecified atom stereocenters. The minimum Gasteiger partial charge on any atom is -0.479 e. The van der Waals surface area contributed by atoms with Crippen LogP contribution in [0.25, 0.3) is 16.6 Å². The number of aromatic nitrogens is 4. The van der Waals surface area contributed by atoms with E-state index in [9.17, 15) is 24.3 Å². The number of aryl methyl sites for hydroxylation is 1. The Morgan fingerprint density at radius 2 is 1.82 bits per heavy atom. The maximum atomic E-state index is 13.1. The molecule has 1 aliphatic carbocycles. The Balaban J connectivity index is 1.72. The molecule has 3 aromatic heterocycles. The van der Waals surface area contributed by atoms with Crippen LogP contribution >= 0.6 is 0 Å². The Labute approximate surface area is 219 Å². The van der Waals surface area contributed by atoms with Crippen LogP contribution in [0.5, 0.6) is 0 Å². The number of pyridine rings is 2. The smallest absolute Gasteiger partial charge is 0.408 e. The second kappa shape index (κ2) is 10.4. The highest BCUT2D eigenvalue weighted by atomic mass is 16.6. The molecule has 0 saturated heterocycles. The largest absolute Gasteiger partial charge is 0.479 e. The predicted molar refractivity (Wildman–Crippen MR) is 140 cm³/mol. The highest BCUT2D eigenvalue weighted by Crippen LogP contribution is 2.35. The average Bonchev–Trinajstić information content (AvgIpc) is 2.87. The van der Waals surface area contributed by atoms with Crippen molar-refractivity contribution >= 4 is 23.0 Å². The van der Waals surface area contributed by atoms with E-state index in [0.29, 0.717) is 29.4 Å². The third-order valence-corrected chi connectivity index (χ3v) is 7.01. The van der Waals surface area contributed by atoms with Crippen molar-refractivity contribution in [2.24, 2.45) is 13.0 Å². The Bertz CT molecular complexity index is 1460. The molecule has 11 heteroatoms. The van der Waals surface area contributed by atoms with Gasteiger partial charge >= 0.3 is 17.8 Å². The number of nitrogens with one attached hydrogen (secondary N) is 1. The number of amides is 1. The van der Waals surface area contributed by atoms with E-state index in [1.165, 1.54) is 23.2 Å². The van der Waals surface area contributed by atoms with Crippen molar-refractivity contribution in [3.05, 3.63) is 63.3 Å². The summed E-state index contributed by atoms with van der Waals surface area (Å²) in [4.78, 5) is 60.0. The van der Waals surface area contributed by atoms with Gasteiger partial charge in [0.05, 0.1) is 29.0 Å². The van der Waals surface area contributed by atoms with Crippen LogP contribution in [0.2, 0.25) is 0 Å². The Morgan fingerprint density at radius 3 is 2.42 bits per heavy atom. The SMILES string of the molecule is Cn1c(=O)n(-c2ccc(C[C@@](NC(=O)OC(C)(C)C)(C(=O)O)C3CCCCC3)nc2)c(=O)c2ccncc21. The van der Waals surface area contributed by atoms with E-state index in [0.717, 1.165) is 23.8 Å². The number of ether oxygens (including phenoxy) is 1. The average molecular weight is 524 g/mol. The zero-order valence-corrected chi connectivity index (χ0v) is 22.1. The van der Waals surface area contributed by atoms with E-state index in [1.807, 2.05) is 0 Å². The molecule has 1 saturated carbocycles. The maximum absolute atomic E-state index is 13.1. The summed E-state index contributed by atoms with van der Waals surface area (Å²) in [6.45, 7) is 5.14. The Morgan fingerprint density at radius 1 is 1.11 bits per heavy atom. The van der Waals surface area contributed by atoms with Gasteiger partial charge in [-0.3, -0.25) is 19.3 Å². The van der Waals surface area contributed by atoms with E-state index in [2.05, 4.69) is 15.3 Å². The van der Waals surface area contributed by atoms with Crippen LogP contribution in [0.3, 0.4) is 0 Å². The van der Waals surface area contributed by atoms with Gasteiger partial charge in [-0.05, 0) is 57.7 Å². The summed E-state index contributed by atoms with van der Waals surface area (Å²) in [7, 11) is 1.55. The molecule has 11 nitrogen and oxygen atoms in total. The molecule has 4 rings (SSSR count). The van der Waals surface area contributed by atoms with E-state index in [4.69, 9.17) is 4.74 Å². The second-order valence-electron chi connectivity index (χ2n) is 10.8. The molecule has 38 heavy (non-hydrogen) atoms. The lowest BCUT2D eigenvalue weighted by molar-refractivity contribution is -0.148. The van der Waals surface area contributed by atoms with Gasteiger partial charge in [0, 0.05) is 25.4 Å². The molecule has 202 valence electrons. The van der Waals surface area contributed by atoms with Gasteiger partial charge in [-0.1, -0.05) is 19.3 Å². The number of rotatable bonds is 6. The summed E-state index contributed by atoms with van der Waals surface area (Å²) in [5, 5.41) is 13.4. The normalized spacial score (nSPS) is 16.1. The third kappa shape index (κ3) is 5.32. The topological polar surface area (TPSA) is 145 Å². The van der Waals surface area contributed by atoms with E-state index in [-0.39, 0.29) is 18.0 Å². The van der Waals surface area contributed by atoms with Crippen LogP contribution in [-0.2, 0) is 23.0 Å². The van der Waals surface area contributed by atoms with Crippen molar-refractivity contribution in [1.82, 2.24) is 24.4 Å². The summed E-state index contributed by atoms with van der Waals surface area (Å²) in [6, 6.07) is 4.68. The number of carbonyl (C=O) groups excluding carboxylic acids is 1. The second-order valence-corrected chi connectivity index (χ2v) is 10.8. The van der Waals surface area contributed by atoms with Crippen molar-refractivity contribution in [3.8, 4) is 5.69 Å². The Kier molecular flexibility index (Phi) is 7.39. The zero-order chi connectivity index (χ0) is 27.7. The fraction of sp³-hybridized carbons (Fsp3) is 0.481. The van der Waals surface area contributed by atoms with Gasteiger partial charge in [0.15, 0.2) is 0 Å². The van der Waals surface area contributed by atoms with Gasteiger partial charge in [-0.2, -0.15) is 0 Å². The van der Waals surface area contributed by atoms with Crippen molar-refractivity contribution < 1.29 is 19.4 Å². The van der Waals surface area contributed by atoms with Crippen LogP contribution in [0.1, 0.15) is 58.6 Å². The predicted octanol–water partition coefficient (Wildman–Crippen LogP) is 2.95. The minimum absolute atomic E-state index is 0.0805. The molecule has 1 aliphatic rings. The minimum atomic E-state index is -1.62. The van der Waals surface area contributed by atoms with Crippen LogP contribution in [0.15, 0.2) is 46.4 Å². The zero-order valence-electron chi connectivity index (χ0n) is 22.1. The maximum Gasteiger partial charge on any atom is 0.408 e. The number of carboxylic acids is 1. The van der Waals surface area contributed by atoms with Crippen molar-refractivity contribution in [1.29, 1.82) is 0 Å². The number of hydrogen-bond acceptors (Lipinski definition) is 7. The van der Waals surface area contributed by atoms with Gasteiger partial charge in [0.1, 0.15) is 11.1 Å². The molecule has 3 heterocycles. The highest BCUT2D eigenvalue weighted by Gasteiger charge is 2.48. The lowest BCUT2D eigenvalue weighted by Gasteiger charge is -2.40. The molecule has 0 radical (unpaired) electrons. The number of fused-ring (bicyclic) bond motifs is 1. The number of aliphatic carboxylic acids is 1. The lowest BCUT2D eigenvalue weighted by atomic mass is 9.72. The first-order chi connectivity index (χ1) is 17.9. The molecule has 1 amide bonds. The molecule has 1 fully saturated rings. The number of carboxylic acid groups (broad SMARTS) is 1. The molecule has 0 aliphatic heterocycles. The third-order valence-electron chi connectivity index (χ3n) is 7.01. The van der Waals surface area contributed by atoms with E-state index >= 15 is 0 Å². The van der Waals surface area contributed by atoms with Crippen LogP contribution in [-0.4, -0.2) is 47.4 Å². The fourth-order valence-corrected chi connectivity index (χ4v) is 5.14. The number of carbonyl (C=O) groups is 2. The van der Waals surface area contributed by atoms with Gasteiger partial charge in [-0.25, -0.2) is 19.0 Å². The molecule has 0 bridgehead atoms. The summed E-state index contributed by atoms with van der Waals surface area (Å²) in [6.07, 6.45) is 7.47. The van der Waals surface area contributed by atoms with Gasteiger partial charge < -0.3 is 15.2 Å². The lowest BCUT2D eigenvalue weighted by Crippen LogP contribution is -2.62. The van der Waals surface area contributed by atoms with Crippen LogP contribution in [0.4, 0.5) is 4.79 Å². The molecule has 3 aromatic rings. The fourth-order valence-electron chi connectivity index (χ4n) is 5.14. The summed E-state index contributed by atoms with van der Waals surface area (Å²) < 4.78 is 7.76. The molecule has 2 N–H and O–H groups in total. The summed E-state index contributed by atoms with van der Waals surface area (Å²) in [5.74, 6) is -1.47. The standard InChI is InChI=1S/C27H33N5O6/c1-26(2,3)38-24(36)30-27(23(34)35,17-8-6-5-7-9-17)14-18-10-11-19(15-29-18)32-22(33)20-12-13-28-16-21(20)31(4)25(32)37/h10-13,15-17H,5-9,14H2,1-4H3,(H,30,36)(H,34,35)/t27-/m0/s1. The van der Waals surface area contributed by atoms with Crippen LogP contribution < -0.4 is 16.6 Å². The summed E-state index contributed by atoms with van der Waals surface area (Å²) >= 11 is 0. The van der Waals surface area contributed by atoms with Gasteiger partial charge in [-0.15, -0.1) is 0 Å². The first-order valence-electron chi connectivity index (χ1n) is 12.7. The van der Waals surface area contributed by atoms with Crippen molar-refractivity contribution in [2.45, 2.75) is 70.4 Å². The molecule has 1 atom stereocenters. The quantitative estimate of drug-likeness (QED) is 0.502. The van der Waals surface area contributed by atoms with Crippen LogP contribution in [0, 0.1) is 5.92 Å². The Hall–Kier alpha value is -4.02. The van der Waals surface area contributed by atoms with Crippen molar-refractivity contribution in [3.63, 3.8) is 0 Å². The number of alkyl carbamates (subject to hydrolysis) is 1. The van der Waals surface area contributed by atoms with E-state index < -0.39 is 34.5 Å². The molecule has 0 spiro atoms. The summed E-state index contributed by atoms with van der Waals surface area (Å²) in [5.41, 5.74) is -2.43. The first-order valence-corrected chi connectivity index (χ1v) is 12.7. The van der Waals surface area contributed by atoms with Gasteiger partial charge in [0.25, 0.3) is 5.56 Å². The first kappa shape index (κ1) is 27.0. The van der Waals surface area contributed by atoms with E-state index in [1.54, 1.807) is 46.0 Å². The van der Waals surface area contributed by atoms with Crippen molar-refractivity contribution in [2.75, 3.05) is 0 Å². The molecular weight excluding hydrogens is 490 g/mol. The number of hydrogen-bond donors (Lipinski definition) is 2. The van der Waals surface area contributed by atoms with Gasteiger partial charge in [0.2, 0.25) is 0 Å². The molecular formula is C27H33N5O6. The number of nitrogens with zero attached hydrogens (tertiary/aromatic N) is 4. The monoisotopic (exact) mass is 523 g/mol.